The summed E-state index contributed by atoms with van der Waals surface area (Å²) in [5, 5.41) is 3.59. The third-order valence-corrected chi connectivity index (χ3v) is 2.76. The Balaban J connectivity index is 2.33. The van der Waals surface area contributed by atoms with Crippen LogP contribution in [0.3, 0.4) is 0 Å². The first-order chi connectivity index (χ1) is 9.10. The highest BCUT2D eigenvalue weighted by molar-refractivity contribution is 7.80. The summed E-state index contributed by atoms with van der Waals surface area (Å²) in [4.78, 5) is 8.48. The zero-order valence-corrected chi connectivity index (χ0v) is 11.6. The normalized spacial score (nSPS) is 10.0. The number of rotatable bonds is 4. The third kappa shape index (κ3) is 3.30. The Kier molecular flexibility index (Phi) is 4.13. The van der Waals surface area contributed by atoms with E-state index in [0.717, 1.165) is 0 Å². The molecule has 0 saturated carbocycles. The highest BCUT2D eigenvalue weighted by atomic mass is 35.5. The molecular weight excluding hydrogens is 284 g/mol. The number of nitrogens with one attached hydrogen (secondary N) is 1. The van der Waals surface area contributed by atoms with Gasteiger partial charge in [0, 0.05) is 11.2 Å². The molecule has 3 N–H and O–H groups in total. The second-order valence-corrected chi connectivity index (χ2v) is 4.48. The van der Waals surface area contributed by atoms with Gasteiger partial charge in [0.1, 0.15) is 16.4 Å². The Labute approximate surface area is 120 Å². The number of hydrogen-bond acceptors (Lipinski definition) is 5. The van der Waals surface area contributed by atoms with Crippen LogP contribution in [0.15, 0.2) is 30.5 Å². The van der Waals surface area contributed by atoms with Gasteiger partial charge in [-0.3, -0.25) is 0 Å². The maximum absolute atomic E-state index is 5.94. The van der Waals surface area contributed by atoms with Crippen LogP contribution in [-0.2, 0) is 0 Å². The molecule has 0 amide bonds. The average Bonchev–Trinajstić information content (AvgIpc) is 2.39. The molecule has 2 rings (SSSR count). The van der Waals surface area contributed by atoms with E-state index in [0.29, 0.717) is 28.1 Å². The number of aromatic nitrogens is 2. The van der Waals surface area contributed by atoms with Crippen LogP contribution in [0.1, 0.15) is 5.69 Å². The van der Waals surface area contributed by atoms with Crippen LogP contribution in [0, 0.1) is 0 Å². The lowest BCUT2D eigenvalue weighted by Gasteiger charge is -2.10. The van der Waals surface area contributed by atoms with E-state index in [1.807, 2.05) is 0 Å². The molecule has 0 aliphatic carbocycles. The Hall–Kier alpha value is -1.92. The summed E-state index contributed by atoms with van der Waals surface area (Å²) in [6.07, 6.45) is 1.57. The molecule has 0 fully saturated rings. The van der Waals surface area contributed by atoms with Crippen molar-refractivity contribution in [3.05, 3.63) is 41.2 Å². The highest BCUT2D eigenvalue weighted by Crippen LogP contribution is 2.29. The molecule has 0 atom stereocenters. The number of anilines is 2. The molecule has 98 valence electrons. The Morgan fingerprint density at radius 2 is 2.21 bits per heavy atom. The minimum Gasteiger partial charge on any atom is -0.495 e. The van der Waals surface area contributed by atoms with Gasteiger partial charge in [-0.1, -0.05) is 23.8 Å². The van der Waals surface area contributed by atoms with Gasteiger partial charge in [0.15, 0.2) is 0 Å². The number of halogens is 1. The van der Waals surface area contributed by atoms with E-state index >= 15 is 0 Å². The molecule has 19 heavy (non-hydrogen) atoms. The lowest BCUT2D eigenvalue weighted by atomic mass is 10.3. The summed E-state index contributed by atoms with van der Waals surface area (Å²) >= 11 is 10.8. The molecule has 0 bridgehead atoms. The number of ether oxygens (including phenoxy) is 1. The van der Waals surface area contributed by atoms with E-state index in [1.165, 1.54) is 0 Å². The topological polar surface area (TPSA) is 73.1 Å². The third-order valence-electron chi connectivity index (χ3n) is 2.32. The quantitative estimate of drug-likeness (QED) is 0.844. The van der Waals surface area contributed by atoms with Gasteiger partial charge in [0.2, 0.25) is 5.95 Å². The molecule has 0 saturated heterocycles. The lowest BCUT2D eigenvalue weighted by Crippen LogP contribution is -2.12. The first-order valence-electron chi connectivity index (χ1n) is 5.33. The molecule has 1 heterocycles. The van der Waals surface area contributed by atoms with Crippen molar-refractivity contribution in [2.75, 3.05) is 12.4 Å². The van der Waals surface area contributed by atoms with Gasteiger partial charge in [0.05, 0.1) is 12.8 Å². The van der Waals surface area contributed by atoms with E-state index in [2.05, 4.69) is 15.3 Å². The second kappa shape index (κ2) is 5.81. The molecule has 0 aliphatic rings. The fourth-order valence-electron chi connectivity index (χ4n) is 1.45. The smallest absolute Gasteiger partial charge is 0.227 e. The molecule has 1 aromatic carbocycles. The number of hydrogen-bond donors (Lipinski definition) is 2. The maximum Gasteiger partial charge on any atom is 0.227 e. The van der Waals surface area contributed by atoms with Crippen LogP contribution >= 0.6 is 23.8 Å². The Morgan fingerprint density at radius 1 is 1.42 bits per heavy atom. The van der Waals surface area contributed by atoms with Crippen LogP contribution in [0.4, 0.5) is 11.6 Å². The standard InChI is InChI=1S/C12H11ClN4OS/c1-18-10-3-2-7(13)6-9(10)17-12-15-5-4-8(16-12)11(14)19/h2-6H,1H3,(H2,14,19)(H,15,16,17). The van der Waals surface area contributed by atoms with Crippen molar-refractivity contribution < 1.29 is 4.74 Å². The predicted molar refractivity (Wildman–Crippen MR) is 79.2 cm³/mol. The molecule has 0 radical (unpaired) electrons. The van der Waals surface area contributed by atoms with Crippen LogP contribution < -0.4 is 15.8 Å². The van der Waals surface area contributed by atoms with Gasteiger partial charge < -0.3 is 15.8 Å². The van der Waals surface area contributed by atoms with E-state index in [4.69, 9.17) is 34.3 Å². The predicted octanol–water partition coefficient (Wildman–Crippen LogP) is 2.52. The van der Waals surface area contributed by atoms with Crippen molar-refractivity contribution in [1.29, 1.82) is 0 Å². The maximum atomic E-state index is 5.94. The van der Waals surface area contributed by atoms with Crippen molar-refractivity contribution in [1.82, 2.24) is 9.97 Å². The fourth-order valence-corrected chi connectivity index (χ4v) is 1.74. The molecule has 5 nitrogen and oxygen atoms in total. The number of nitrogens with zero attached hydrogens (tertiary/aromatic N) is 2. The minimum atomic E-state index is 0.212. The van der Waals surface area contributed by atoms with Crippen LogP contribution in [-0.4, -0.2) is 22.1 Å². The summed E-state index contributed by atoms with van der Waals surface area (Å²) in [6, 6.07) is 6.85. The zero-order valence-electron chi connectivity index (χ0n) is 10.1. The van der Waals surface area contributed by atoms with Crippen molar-refractivity contribution in [2.45, 2.75) is 0 Å². The van der Waals surface area contributed by atoms with Gasteiger partial charge in [0.25, 0.3) is 0 Å². The van der Waals surface area contributed by atoms with E-state index < -0.39 is 0 Å². The first kappa shape index (κ1) is 13.5. The zero-order chi connectivity index (χ0) is 13.8. The molecule has 0 aliphatic heterocycles. The highest BCUT2D eigenvalue weighted by Gasteiger charge is 2.07. The van der Waals surface area contributed by atoms with Gasteiger partial charge in [-0.2, -0.15) is 0 Å². The fraction of sp³-hybridized carbons (Fsp3) is 0.0833. The first-order valence-corrected chi connectivity index (χ1v) is 6.12. The van der Waals surface area contributed by atoms with Gasteiger partial charge >= 0.3 is 0 Å². The Morgan fingerprint density at radius 3 is 2.89 bits per heavy atom. The molecule has 1 aromatic heterocycles. The molecular formula is C12H11ClN4OS. The van der Waals surface area contributed by atoms with E-state index in [-0.39, 0.29) is 4.99 Å². The number of thiocarbonyl (C=S) groups is 1. The summed E-state index contributed by atoms with van der Waals surface area (Å²) < 4.78 is 5.22. The summed E-state index contributed by atoms with van der Waals surface area (Å²) in [5.41, 5.74) is 6.68. The van der Waals surface area contributed by atoms with Crippen molar-refractivity contribution in [2.24, 2.45) is 5.73 Å². The van der Waals surface area contributed by atoms with E-state index in [1.54, 1.807) is 37.6 Å². The molecule has 0 spiro atoms. The SMILES string of the molecule is COc1ccc(Cl)cc1Nc1nccc(C(N)=S)n1. The molecule has 0 unspecified atom stereocenters. The Bertz CT molecular complexity index is 620. The van der Waals surface area contributed by atoms with Gasteiger partial charge in [-0.25, -0.2) is 9.97 Å². The van der Waals surface area contributed by atoms with Crippen molar-refractivity contribution >= 4 is 40.4 Å². The van der Waals surface area contributed by atoms with Crippen LogP contribution in [0.2, 0.25) is 5.02 Å². The van der Waals surface area contributed by atoms with Gasteiger partial charge in [-0.05, 0) is 24.3 Å². The van der Waals surface area contributed by atoms with Crippen LogP contribution in [0.25, 0.3) is 0 Å². The van der Waals surface area contributed by atoms with E-state index in [9.17, 15) is 0 Å². The monoisotopic (exact) mass is 294 g/mol. The number of benzene rings is 1. The summed E-state index contributed by atoms with van der Waals surface area (Å²) in [7, 11) is 1.57. The molecule has 7 heteroatoms. The summed E-state index contributed by atoms with van der Waals surface area (Å²) in [6.45, 7) is 0. The lowest BCUT2D eigenvalue weighted by molar-refractivity contribution is 0.417. The molecule has 2 aromatic rings. The summed E-state index contributed by atoms with van der Waals surface area (Å²) in [5.74, 6) is 1.000. The number of nitrogens with two attached hydrogens (primary N) is 1. The van der Waals surface area contributed by atoms with Crippen molar-refractivity contribution in [3.8, 4) is 5.75 Å². The van der Waals surface area contributed by atoms with Crippen LogP contribution in [0.5, 0.6) is 5.75 Å². The number of methoxy groups -OCH3 is 1. The minimum absolute atomic E-state index is 0.212. The second-order valence-electron chi connectivity index (χ2n) is 3.60. The average molecular weight is 295 g/mol. The van der Waals surface area contributed by atoms with Gasteiger partial charge in [-0.15, -0.1) is 0 Å². The van der Waals surface area contributed by atoms with Crippen molar-refractivity contribution in [3.63, 3.8) is 0 Å². The largest absolute Gasteiger partial charge is 0.495 e.